The third-order valence-electron chi connectivity index (χ3n) is 5.48. The lowest BCUT2D eigenvalue weighted by Gasteiger charge is -2.37. The molecular weight excluding hydrogens is 224 g/mol. The van der Waals surface area contributed by atoms with Crippen LogP contribution in [0.1, 0.15) is 33.6 Å². The predicted octanol–water partition coefficient (Wildman–Crippen LogP) is 1.78. The molecule has 2 aliphatic rings. The van der Waals surface area contributed by atoms with Crippen molar-refractivity contribution in [2.75, 3.05) is 0 Å². The molecule has 0 amide bonds. The first kappa shape index (κ1) is 12.4. The van der Waals surface area contributed by atoms with E-state index in [9.17, 15) is 14.7 Å². The maximum Gasteiger partial charge on any atom is 0.346 e. The molecule has 4 atom stereocenters. The van der Waals surface area contributed by atoms with E-state index in [0.29, 0.717) is 0 Å². The molecule has 0 aromatic rings. The van der Waals surface area contributed by atoms with Gasteiger partial charge in [-0.05, 0) is 29.6 Å². The van der Waals surface area contributed by atoms with Gasteiger partial charge in [-0.3, -0.25) is 4.79 Å². The van der Waals surface area contributed by atoms with Crippen molar-refractivity contribution in [1.82, 2.24) is 0 Å². The molecule has 96 valence electrons. The summed E-state index contributed by atoms with van der Waals surface area (Å²) < 4.78 is 0. The number of aliphatic carboxylic acids is 1. The summed E-state index contributed by atoms with van der Waals surface area (Å²) in [5, 5.41) is 17.9. The first-order valence-corrected chi connectivity index (χ1v) is 5.85. The SMILES string of the molecule is CC1(C)[C@@H]2CC[C@@]1(C)[C@H](C(=O)O)[C@@H]2C(=O)OO. The summed E-state index contributed by atoms with van der Waals surface area (Å²) in [5.41, 5.74) is -0.642. The fourth-order valence-electron chi connectivity index (χ4n) is 4.16. The summed E-state index contributed by atoms with van der Waals surface area (Å²) in [5.74, 6) is -3.31. The molecule has 0 unspecified atom stereocenters. The van der Waals surface area contributed by atoms with Gasteiger partial charge in [0.1, 0.15) is 0 Å². The second-order valence-corrected chi connectivity index (χ2v) is 6.04. The number of fused-ring (bicyclic) bond motifs is 2. The predicted molar refractivity (Wildman–Crippen MR) is 57.9 cm³/mol. The Hall–Kier alpha value is -1.10. The van der Waals surface area contributed by atoms with Gasteiger partial charge in [-0.1, -0.05) is 20.8 Å². The summed E-state index contributed by atoms with van der Waals surface area (Å²) in [6, 6.07) is 0. The number of hydrogen-bond donors (Lipinski definition) is 2. The molecular formula is C12H18O5. The van der Waals surface area contributed by atoms with Crippen molar-refractivity contribution in [3.63, 3.8) is 0 Å². The average molecular weight is 242 g/mol. The zero-order valence-electron chi connectivity index (χ0n) is 10.3. The molecule has 2 fully saturated rings. The van der Waals surface area contributed by atoms with Crippen molar-refractivity contribution < 1.29 is 24.8 Å². The second-order valence-electron chi connectivity index (χ2n) is 6.04. The number of carbonyl (C=O) groups excluding carboxylic acids is 1. The van der Waals surface area contributed by atoms with E-state index in [4.69, 9.17) is 5.26 Å². The van der Waals surface area contributed by atoms with E-state index in [1.54, 1.807) is 0 Å². The quantitative estimate of drug-likeness (QED) is 0.569. The lowest BCUT2D eigenvalue weighted by molar-refractivity contribution is -0.243. The lowest BCUT2D eigenvalue weighted by atomic mass is 9.66. The van der Waals surface area contributed by atoms with Gasteiger partial charge in [-0.25, -0.2) is 4.79 Å². The van der Waals surface area contributed by atoms with E-state index in [0.717, 1.165) is 12.8 Å². The third-order valence-corrected chi connectivity index (χ3v) is 5.48. The van der Waals surface area contributed by atoms with Crippen molar-refractivity contribution in [2.45, 2.75) is 33.6 Å². The topological polar surface area (TPSA) is 83.8 Å². The summed E-state index contributed by atoms with van der Waals surface area (Å²) in [7, 11) is 0. The maximum absolute atomic E-state index is 11.6. The molecule has 5 heteroatoms. The van der Waals surface area contributed by atoms with Crippen LogP contribution < -0.4 is 0 Å². The Morgan fingerprint density at radius 1 is 1.29 bits per heavy atom. The number of carboxylic acid groups (broad SMARTS) is 1. The summed E-state index contributed by atoms with van der Waals surface area (Å²) in [4.78, 5) is 26.8. The molecule has 0 aliphatic heterocycles. The van der Waals surface area contributed by atoms with Gasteiger partial charge < -0.3 is 9.99 Å². The molecule has 2 bridgehead atoms. The van der Waals surface area contributed by atoms with E-state index in [1.165, 1.54) is 0 Å². The smallest absolute Gasteiger partial charge is 0.346 e. The van der Waals surface area contributed by atoms with Gasteiger partial charge >= 0.3 is 11.9 Å². The second kappa shape index (κ2) is 3.45. The van der Waals surface area contributed by atoms with Crippen molar-refractivity contribution in [1.29, 1.82) is 0 Å². The van der Waals surface area contributed by atoms with Crippen LogP contribution in [0.2, 0.25) is 0 Å². The molecule has 0 saturated heterocycles. The van der Waals surface area contributed by atoms with Gasteiger partial charge in [-0.15, -0.1) is 0 Å². The molecule has 2 saturated carbocycles. The van der Waals surface area contributed by atoms with Crippen molar-refractivity contribution in [2.24, 2.45) is 28.6 Å². The highest BCUT2D eigenvalue weighted by atomic mass is 17.1. The van der Waals surface area contributed by atoms with Crippen LogP contribution in [0.3, 0.4) is 0 Å². The van der Waals surface area contributed by atoms with E-state index in [1.807, 2.05) is 20.8 Å². The molecule has 0 heterocycles. The molecule has 2 rings (SSSR count). The molecule has 0 aromatic heterocycles. The van der Waals surface area contributed by atoms with Gasteiger partial charge in [0.25, 0.3) is 0 Å². The Labute approximate surface area is 99.7 Å². The van der Waals surface area contributed by atoms with Gasteiger partial charge in [0, 0.05) is 0 Å². The highest BCUT2D eigenvalue weighted by Gasteiger charge is 2.70. The standard InChI is InChI=1S/C12H18O5/c1-11(2)6-4-5-12(11,3)8(9(13)14)7(6)10(15)17-16/h6-8,16H,4-5H2,1-3H3,(H,13,14)/t6-,7-,8+,12+/m1/s1. The molecule has 17 heavy (non-hydrogen) atoms. The first-order valence-electron chi connectivity index (χ1n) is 5.85. The van der Waals surface area contributed by atoms with Crippen molar-refractivity contribution in [3.8, 4) is 0 Å². The number of rotatable bonds is 2. The Morgan fingerprint density at radius 2 is 1.88 bits per heavy atom. The zero-order chi connectivity index (χ0) is 13.0. The van der Waals surface area contributed by atoms with E-state index in [-0.39, 0.29) is 11.3 Å². The van der Waals surface area contributed by atoms with Crippen LogP contribution in [0.25, 0.3) is 0 Å². The van der Waals surface area contributed by atoms with Crippen LogP contribution in [0, 0.1) is 28.6 Å². The van der Waals surface area contributed by atoms with Crippen LogP contribution in [0.5, 0.6) is 0 Å². The minimum absolute atomic E-state index is 0.0340. The van der Waals surface area contributed by atoms with Crippen LogP contribution in [0.15, 0.2) is 0 Å². The molecule has 5 nitrogen and oxygen atoms in total. The normalized spacial score (nSPS) is 42.5. The molecule has 0 aromatic carbocycles. The average Bonchev–Trinajstić information content (AvgIpc) is 2.57. The van der Waals surface area contributed by atoms with E-state index in [2.05, 4.69) is 4.89 Å². The molecule has 2 aliphatic carbocycles. The number of carboxylic acids is 1. The maximum atomic E-state index is 11.6. The Bertz CT molecular complexity index is 375. The Morgan fingerprint density at radius 3 is 2.35 bits per heavy atom. The summed E-state index contributed by atoms with van der Waals surface area (Å²) in [6.45, 7) is 5.94. The van der Waals surface area contributed by atoms with Crippen molar-refractivity contribution >= 4 is 11.9 Å². The van der Waals surface area contributed by atoms with Gasteiger partial charge in [0.2, 0.25) is 0 Å². The zero-order valence-corrected chi connectivity index (χ0v) is 10.3. The monoisotopic (exact) mass is 242 g/mol. The fraction of sp³-hybridized carbons (Fsp3) is 0.833. The molecule has 2 N–H and O–H groups in total. The van der Waals surface area contributed by atoms with Crippen LogP contribution in [-0.2, 0) is 14.5 Å². The largest absolute Gasteiger partial charge is 0.481 e. The highest BCUT2D eigenvalue weighted by Crippen LogP contribution is 2.70. The van der Waals surface area contributed by atoms with Crippen LogP contribution in [-0.4, -0.2) is 22.3 Å². The lowest BCUT2D eigenvalue weighted by Crippen LogP contribution is -2.40. The van der Waals surface area contributed by atoms with Gasteiger partial charge in [0.15, 0.2) is 0 Å². The fourth-order valence-corrected chi connectivity index (χ4v) is 4.16. The minimum atomic E-state index is -0.974. The summed E-state index contributed by atoms with van der Waals surface area (Å²) in [6.07, 6.45) is 1.61. The van der Waals surface area contributed by atoms with Gasteiger partial charge in [0.05, 0.1) is 11.8 Å². The summed E-state index contributed by atoms with van der Waals surface area (Å²) >= 11 is 0. The van der Waals surface area contributed by atoms with Gasteiger partial charge in [-0.2, -0.15) is 5.26 Å². The number of hydrogen-bond acceptors (Lipinski definition) is 4. The molecule has 0 spiro atoms. The number of carbonyl (C=O) groups is 2. The Balaban J connectivity index is 2.48. The van der Waals surface area contributed by atoms with Crippen molar-refractivity contribution in [3.05, 3.63) is 0 Å². The highest BCUT2D eigenvalue weighted by molar-refractivity contribution is 5.83. The van der Waals surface area contributed by atoms with Crippen LogP contribution >= 0.6 is 0 Å². The first-order chi connectivity index (χ1) is 7.77. The van der Waals surface area contributed by atoms with Crippen LogP contribution in [0.4, 0.5) is 0 Å². The molecule has 0 radical (unpaired) electrons. The van der Waals surface area contributed by atoms with E-state index >= 15 is 0 Å². The Kier molecular flexibility index (Phi) is 2.51. The third kappa shape index (κ3) is 1.29. The van der Waals surface area contributed by atoms with E-state index < -0.39 is 29.2 Å². The minimum Gasteiger partial charge on any atom is -0.481 e.